The lowest BCUT2D eigenvalue weighted by molar-refractivity contribution is 1.46. The minimum absolute atomic E-state index is 0.980. The first kappa shape index (κ1) is 17.2. The van der Waals surface area contributed by atoms with E-state index in [-0.39, 0.29) is 0 Å². The van der Waals surface area contributed by atoms with Crippen molar-refractivity contribution in [1.29, 1.82) is 0 Å². The summed E-state index contributed by atoms with van der Waals surface area (Å²) in [6.45, 7) is 0. The maximum atomic E-state index is 5.01. The van der Waals surface area contributed by atoms with Crippen LogP contribution in [0.5, 0.6) is 0 Å². The van der Waals surface area contributed by atoms with Gasteiger partial charge in [-0.1, -0.05) is 97.1 Å². The average molecular weight is 372 g/mol. The second-order valence-corrected chi connectivity index (χ2v) is 6.98. The molecule has 5 rings (SSSR count). The van der Waals surface area contributed by atoms with E-state index in [2.05, 4.69) is 96.0 Å². The molecule has 4 aromatic carbocycles. The van der Waals surface area contributed by atoms with E-state index in [0.29, 0.717) is 0 Å². The molecule has 0 bridgehead atoms. The quantitative estimate of drug-likeness (QED) is 0.322. The number of nitrogens with zero attached hydrogens (tertiary/aromatic N) is 1. The Hall–Kier alpha value is -3.91. The lowest BCUT2D eigenvalue weighted by Gasteiger charge is -2.12. The zero-order chi connectivity index (χ0) is 19.5. The fourth-order valence-corrected chi connectivity index (χ4v) is 3.73. The Balaban J connectivity index is 1.70. The van der Waals surface area contributed by atoms with Gasteiger partial charge in [0, 0.05) is 34.5 Å². The standard InChI is InChI=1S/C27H20N2/c1-3-9-20(10-4-1)24-15-8-16-25(21-11-5-2-6-12-21)27(24)29-19-23-14-7-13-22-17-18-28-26(22)23/h1-19,28H. The Morgan fingerprint density at radius 3 is 1.86 bits per heavy atom. The first-order valence-corrected chi connectivity index (χ1v) is 9.74. The number of hydrogen-bond donors (Lipinski definition) is 1. The normalized spacial score (nSPS) is 11.3. The van der Waals surface area contributed by atoms with E-state index in [1.165, 1.54) is 5.39 Å². The molecule has 0 aliphatic heterocycles. The second kappa shape index (κ2) is 7.61. The highest BCUT2D eigenvalue weighted by atomic mass is 14.7. The molecule has 1 heterocycles. The Kier molecular flexibility index (Phi) is 4.51. The van der Waals surface area contributed by atoms with Crippen molar-refractivity contribution in [2.45, 2.75) is 0 Å². The van der Waals surface area contributed by atoms with Crippen LogP contribution in [0.1, 0.15) is 5.56 Å². The van der Waals surface area contributed by atoms with Gasteiger partial charge in [0.25, 0.3) is 0 Å². The molecule has 0 saturated carbocycles. The van der Waals surface area contributed by atoms with Gasteiger partial charge in [-0.2, -0.15) is 0 Å². The number of hydrogen-bond acceptors (Lipinski definition) is 1. The number of aromatic nitrogens is 1. The molecule has 2 heteroatoms. The number of nitrogens with one attached hydrogen (secondary N) is 1. The summed E-state index contributed by atoms with van der Waals surface area (Å²) in [5, 5.41) is 1.19. The van der Waals surface area contributed by atoms with Crippen molar-refractivity contribution in [1.82, 2.24) is 4.98 Å². The monoisotopic (exact) mass is 372 g/mol. The second-order valence-electron chi connectivity index (χ2n) is 6.98. The number of rotatable bonds is 4. The summed E-state index contributed by atoms with van der Waals surface area (Å²) in [6, 6.07) is 35.6. The van der Waals surface area contributed by atoms with Crippen LogP contribution < -0.4 is 0 Å². The van der Waals surface area contributed by atoms with E-state index in [1.807, 2.05) is 24.5 Å². The number of aliphatic imine (C=N–C) groups is 1. The minimum Gasteiger partial charge on any atom is -0.361 e. The molecule has 138 valence electrons. The van der Waals surface area contributed by atoms with Gasteiger partial charge in [0.2, 0.25) is 0 Å². The van der Waals surface area contributed by atoms with Gasteiger partial charge in [-0.25, -0.2) is 0 Å². The summed E-state index contributed by atoms with van der Waals surface area (Å²) in [6.07, 6.45) is 3.93. The molecular weight excluding hydrogens is 352 g/mol. The summed E-state index contributed by atoms with van der Waals surface area (Å²) in [7, 11) is 0. The predicted octanol–water partition coefficient (Wildman–Crippen LogP) is 7.25. The van der Waals surface area contributed by atoms with Crippen LogP contribution in [0.3, 0.4) is 0 Å². The zero-order valence-corrected chi connectivity index (χ0v) is 15.9. The summed E-state index contributed by atoms with van der Waals surface area (Å²) >= 11 is 0. The first-order chi connectivity index (χ1) is 14.4. The maximum absolute atomic E-state index is 5.01. The van der Waals surface area contributed by atoms with E-state index < -0.39 is 0 Å². The van der Waals surface area contributed by atoms with Crippen LogP contribution in [-0.2, 0) is 0 Å². The Bertz CT molecular complexity index is 1220. The molecule has 0 unspecified atom stereocenters. The zero-order valence-electron chi connectivity index (χ0n) is 15.9. The summed E-state index contributed by atoms with van der Waals surface area (Å²) in [5.41, 5.74) is 7.74. The summed E-state index contributed by atoms with van der Waals surface area (Å²) in [5.74, 6) is 0. The molecule has 5 aromatic rings. The lowest BCUT2D eigenvalue weighted by Crippen LogP contribution is -1.87. The van der Waals surface area contributed by atoms with Crippen LogP contribution in [0.4, 0.5) is 5.69 Å². The molecule has 0 radical (unpaired) electrons. The highest BCUT2D eigenvalue weighted by Crippen LogP contribution is 2.39. The largest absolute Gasteiger partial charge is 0.361 e. The minimum atomic E-state index is 0.980. The molecule has 0 atom stereocenters. The van der Waals surface area contributed by atoms with E-state index in [4.69, 9.17) is 4.99 Å². The fourth-order valence-electron chi connectivity index (χ4n) is 3.73. The molecule has 1 N–H and O–H groups in total. The first-order valence-electron chi connectivity index (χ1n) is 9.74. The topological polar surface area (TPSA) is 28.1 Å². The lowest BCUT2D eigenvalue weighted by atomic mass is 9.96. The highest BCUT2D eigenvalue weighted by Gasteiger charge is 2.11. The van der Waals surface area contributed by atoms with Crippen molar-refractivity contribution in [3.05, 3.63) is 115 Å². The Morgan fingerprint density at radius 2 is 1.21 bits per heavy atom. The van der Waals surface area contributed by atoms with Crippen LogP contribution in [0.15, 0.2) is 114 Å². The summed E-state index contributed by atoms with van der Waals surface area (Å²) < 4.78 is 0. The van der Waals surface area contributed by atoms with Gasteiger partial charge in [0.15, 0.2) is 0 Å². The molecule has 0 saturated heterocycles. The van der Waals surface area contributed by atoms with Crippen molar-refractivity contribution in [2.24, 2.45) is 4.99 Å². The van der Waals surface area contributed by atoms with Crippen molar-refractivity contribution >= 4 is 22.8 Å². The summed E-state index contributed by atoms with van der Waals surface area (Å²) in [4.78, 5) is 8.34. The van der Waals surface area contributed by atoms with E-state index in [9.17, 15) is 0 Å². The van der Waals surface area contributed by atoms with Crippen molar-refractivity contribution in [3.63, 3.8) is 0 Å². The smallest absolute Gasteiger partial charge is 0.0786 e. The maximum Gasteiger partial charge on any atom is 0.0786 e. The Morgan fingerprint density at radius 1 is 0.586 bits per heavy atom. The third-order valence-corrected chi connectivity index (χ3v) is 5.16. The number of fused-ring (bicyclic) bond motifs is 1. The van der Waals surface area contributed by atoms with Crippen LogP contribution in [0.2, 0.25) is 0 Å². The number of benzene rings is 4. The van der Waals surface area contributed by atoms with Crippen molar-refractivity contribution in [3.8, 4) is 22.3 Å². The fraction of sp³-hybridized carbons (Fsp3) is 0. The van der Waals surface area contributed by atoms with Gasteiger partial charge in [-0.05, 0) is 17.2 Å². The Labute approximate surface area is 170 Å². The van der Waals surface area contributed by atoms with Gasteiger partial charge < -0.3 is 4.98 Å². The molecule has 0 aliphatic carbocycles. The number of para-hydroxylation sites is 2. The highest BCUT2D eigenvalue weighted by molar-refractivity contribution is 6.00. The molecule has 0 aliphatic rings. The van der Waals surface area contributed by atoms with Crippen LogP contribution in [0, 0.1) is 0 Å². The van der Waals surface area contributed by atoms with Gasteiger partial charge in [0.05, 0.1) is 11.2 Å². The SMILES string of the molecule is C(=Nc1c(-c2ccccc2)cccc1-c1ccccc1)c1cccc2cc[nH]c12. The van der Waals surface area contributed by atoms with Crippen molar-refractivity contribution in [2.75, 3.05) is 0 Å². The van der Waals surface area contributed by atoms with Gasteiger partial charge in [-0.15, -0.1) is 0 Å². The van der Waals surface area contributed by atoms with Gasteiger partial charge in [0.1, 0.15) is 0 Å². The van der Waals surface area contributed by atoms with Crippen LogP contribution in [0.25, 0.3) is 33.2 Å². The molecule has 2 nitrogen and oxygen atoms in total. The molecular formula is C27H20N2. The number of H-pyrrole nitrogens is 1. The van der Waals surface area contributed by atoms with Crippen molar-refractivity contribution < 1.29 is 0 Å². The molecule has 29 heavy (non-hydrogen) atoms. The molecule has 0 spiro atoms. The average Bonchev–Trinajstić information content (AvgIpc) is 3.28. The molecule has 0 fully saturated rings. The van der Waals surface area contributed by atoms with E-state index in [0.717, 1.165) is 39.0 Å². The van der Waals surface area contributed by atoms with Gasteiger partial charge in [-0.3, -0.25) is 4.99 Å². The third-order valence-electron chi connectivity index (χ3n) is 5.16. The van der Waals surface area contributed by atoms with Crippen LogP contribution >= 0.6 is 0 Å². The van der Waals surface area contributed by atoms with Gasteiger partial charge >= 0.3 is 0 Å². The molecule has 0 amide bonds. The predicted molar refractivity (Wildman–Crippen MR) is 123 cm³/mol. The van der Waals surface area contributed by atoms with E-state index >= 15 is 0 Å². The molecule has 1 aromatic heterocycles. The number of aromatic amines is 1. The third kappa shape index (κ3) is 3.37. The van der Waals surface area contributed by atoms with Crippen LogP contribution in [-0.4, -0.2) is 11.2 Å². The van der Waals surface area contributed by atoms with E-state index in [1.54, 1.807) is 0 Å².